The van der Waals surface area contributed by atoms with Crippen molar-refractivity contribution in [3.8, 4) is 5.69 Å². The Hall–Kier alpha value is -3.21. The molecule has 0 atom stereocenters. The van der Waals surface area contributed by atoms with Crippen LogP contribution in [0.25, 0.3) is 11.8 Å². The van der Waals surface area contributed by atoms with Gasteiger partial charge in [-0.3, -0.25) is 9.59 Å². The summed E-state index contributed by atoms with van der Waals surface area (Å²) in [5.74, 6) is -2.16. The Bertz CT molecular complexity index is 1290. The van der Waals surface area contributed by atoms with Crippen molar-refractivity contribution in [2.24, 2.45) is 0 Å². The van der Waals surface area contributed by atoms with Crippen LogP contribution in [-0.2, 0) is 14.6 Å². The number of rotatable bonds is 4. The minimum Gasteiger partial charge on any atom is -0.366 e. The molecule has 0 radical (unpaired) electrons. The van der Waals surface area contributed by atoms with Gasteiger partial charge in [0.1, 0.15) is 15.7 Å². The van der Waals surface area contributed by atoms with Crippen LogP contribution < -0.4 is 10.6 Å². The predicted octanol–water partition coefficient (Wildman–Crippen LogP) is 2.85. The molecule has 1 aromatic carbocycles. The van der Waals surface area contributed by atoms with Gasteiger partial charge in [-0.2, -0.15) is 0 Å². The normalized spacial score (nSPS) is 21.2. The molecule has 0 bridgehead atoms. The summed E-state index contributed by atoms with van der Waals surface area (Å²) in [5, 5.41) is 6.18. The van der Waals surface area contributed by atoms with E-state index < -0.39 is 15.8 Å². The Labute approximate surface area is 208 Å². The third kappa shape index (κ3) is 5.16. The van der Waals surface area contributed by atoms with Crippen molar-refractivity contribution in [2.45, 2.75) is 37.6 Å². The molecule has 192 valence electrons. The molecule has 2 fully saturated rings. The molecule has 2 amide bonds. The van der Waals surface area contributed by atoms with Gasteiger partial charge < -0.3 is 20.1 Å². The highest BCUT2D eigenvalue weighted by molar-refractivity contribution is 7.91. The number of amides is 2. The zero-order valence-corrected chi connectivity index (χ0v) is 20.5. The molecule has 3 aliphatic heterocycles. The molecular formula is C25H28F2N4O4S. The molecule has 11 heteroatoms. The number of hydrogen-bond donors (Lipinski definition) is 2. The van der Waals surface area contributed by atoms with Crippen LogP contribution in [0.2, 0.25) is 0 Å². The van der Waals surface area contributed by atoms with Gasteiger partial charge in [0.15, 0.2) is 0 Å². The second-order valence-electron chi connectivity index (χ2n) is 9.61. The first-order valence-corrected chi connectivity index (χ1v) is 13.9. The molecular weight excluding hydrogens is 490 g/mol. The first-order chi connectivity index (χ1) is 17.1. The molecule has 5 rings (SSSR count). The number of aromatic nitrogens is 1. The van der Waals surface area contributed by atoms with E-state index in [2.05, 4.69) is 10.6 Å². The van der Waals surface area contributed by atoms with E-state index in [-0.39, 0.29) is 55.3 Å². The molecule has 2 N–H and O–H groups in total. The minimum absolute atomic E-state index is 0.0524. The summed E-state index contributed by atoms with van der Waals surface area (Å²) >= 11 is 0. The third-order valence-corrected chi connectivity index (χ3v) is 8.76. The lowest BCUT2D eigenvalue weighted by Crippen LogP contribution is -2.44. The lowest BCUT2D eigenvalue weighted by Gasteiger charge is -2.33. The number of nitrogens with zero attached hydrogens (tertiary/aromatic N) is 2. The Balaban J connectivity index is 1.24. The summed E-state index contributed by atoms with van der Waals surface area (Å²) < 4.78 is 52.0. The number of carbonyl (C=O) groups excluding carboxylic acids is 2. The number of piperidine rings is 1. The Morgan fingerprint density at radius 1 is 1.03 bits per heavy atom. The van der Waals surface area contributed by atoms with Crippen LogP contribution in [0.3, 0.4) is 0 Å². The number of nitrogens with one attached hydrogen (secondary N) is 2. The van der Waals surface area contributed by atoms with E-state index in [4.69, 9.17) is 0 Å². The zero-order chi connectivity index (χ0) is 25.5. The van der Waals surface area contributed by atoms with Crippen molar-refractivity contribution in [2.75, 3.05) is 36.5 Å². The Morgan fingerprint density at radius 3 is 2.36 bits per heavy atom. The van der Waals surface area contributed by atoms with Crippen molar-refractivity contribution < 1.29 is 26.8 Å². The van der Waals surface area contributed by atoms with E-state index in [1.54, 1.807) is 18.2 Å². The van der Waals surface area contributed by atoms with E-state index in [1.807, 2.05) is 29.0 Å². The molecule has 0 aliphatic carbocycles. The molecule has 0 unspecified atom stereocenters. The fourth-order valence-electron chi connectivity index (χ4n) is 4.84. The predicted molar refractivity (Wildman–Crippen MR) is 132 cm³/mol. The molecule has 36 heavy (non-hydrogen) atoms. The highest BCUT2D eigenvalue weighted by Gasteiger charge is 2.36. The van der Waals surface area contributed by atoms with E-state index in [9.17, 15) is 26.8 Å². The van der Waals surface area contributed by atoms with Gasteiger partial charge in [-0.05, 0) is 49.2 Å². The average molecular weight is 519 g/mol. The topological polar surface area (TPSA) is 101 Å². The fourth-order valence-corrected chi connectivity index (χ4v) is 6.33. The maximum atomic E-state index is 13.4. The molecule has 3 aliphatic rings. The van der Waals surface area contributed by atoms with Gasteiger partial charge >= 0.3 is 0 Å². The van der Waals surface area contributed by atoms with E-state index >= 15 is 0 Å². The number of fused-ring (bicyclic) bond motifs is 1. The first kappa shape index (κ1) is 24.5. The van der Waals surface area contributed by atoms with Crippen LogP contribution in [-0.4, -0.2) is 72.8 Å². The molecule has 1 aromatic heterocycles. The summed E-state index contributed by atoms with van der Waals surface area (Å²) in [6, 6.07) is 8.80. The lowest BCUT2D eigenvalue weighted by molar-refractivity contribution is -0.133. The van der Waals surface area contributed by atoms with Crippen molar-refractivity contribution in [1.82, 2.24) is 14.8 Å². The maximum Gasteiger partial charge on any atom is 0.251 e. The smallest absolute Gasteiger partial charge is 0.251 e. The summed E-state index contributed by atoms with van der Waals surface area (Å²) in [5.41, 5.74) is 2.67. The highest BCUT2D eigenvalue weighted by atomic mass is 32.2. The van der Waals surface area contributed by atoms with E-state index in [0.717, 1.165) is 17.1 Å². The van der Waals surface area contributed by atoms with Crippen LogP contribution in [0.1, 0.15) is 41.6 Å². The number of hydrogen-bond acceptors (Lipinski definition) is 5. The summed E-state index contributed by atoms with van der Waals surface area (Å²) in [7, 11) is -2.99. The number of sulfone groups is 1. The van der Waals surface area contributed by atoms with Gasteiger partial charge in [0.05, 0.1) is 11.5 Å². The van der Waals surface area contributed by atoms with Crippen molar-refractivity contribution in [3.63, 3.8) is 0 Å². The third-order valence-electron chi connectivity index (χ3n) is 7.05. The van der Waals surface area contributed by atoms with Crippen molar-refractivity contribution in [3.05, 3.63) is 53.2 Å². The van der Waals surface area contributed by atoms with Crippen LogP contribution in [0.5, 0.6) is 0 Å². The van der Waals surface area contributed by atoms with Crippen molar-refractivity contribution >= 4 is 33.5 Å². The lowest BCUT2D eigenvalue weighted by atomic mass is 10.0. The van der Waals surface area contributed by atoms with Crippen LogP contribution >= 0.6 is 0 Å². The van der Waals surface area contributed by atoms with Gasteiger partial charge in [-0.1, -0.05) is 0 Å². The number of benzene rings is 1. The number of likely N-dealkylation sites (tertiary alicyclic amines) is 1. The first-order valence-electron chi connectivity index (χ1n) is 12.0. The van der Waals surface area contributed by atoms with Gasteiger partial charge in [0, 0.05) is 67.1 Å². The van der Waals surface area contributed by atoms with Gasteiger partial charge in [0.2, 0.25) is 0 Å². The summed E-state index contributed by atoms with van der Waals surface area (Å²) in [4.78, 5) is 26.9. The zero-order valence-electron chi connectivity index (χ0n) is 19.7. The SMILES string of the molecule is O=C(NC1CCS(=O)(=O)CC1)c1ccc(-n2ccc3c2NCC(C(=O)N2CCC(F)(F)CC2)=C3)cc1. The quantitative estimate of drug-likeness (QED) is 0.649. The van der Waals surface area contributed by atoms with E-state index in [1.165, 1.54) is 4.90 Å². The largest absolute Gasteiger partial charge is 0.366 e. The highest BCUT2D eigenvalue weighted by Crippen LogP contribution is 2.31. The second kappa shape index (κ2) is 9.34. The molecule has 4 heterocycles. The Kier molecular flexibility index (Phi) is 6.36. The second-order valence-corrected chi connectivity index (χ2v) is 11.9. The van der Waals surface area contributed by atoms with Crippen LogP contribution in [0.15, 0.2) is 42.1 Å². The number of alkyl halides is 2. The van der Waals surface area contributed by atoms with Gasteiger partial charge in [-0.15, -0.1) is 0 Å². The molecule has 0 spiro atoms. The number of anilines is 1. The molecule has 2 saturated heterocycles. The number of carbonyl (C=O) groups is 2. The van der Waals surface area contributed by atoms with Crippen LogP contribution in [0.4, 0.5) is 14.6 Å². The standard InChI is InChI=1S/C25H28F2N4O4S/c26-25(27)8-11-30(12-9-25)24(33)19-15-18-5-10-31(22(18)28-16-19)21-3-1-17(2-4-21)23(32)29-20-6-13-36(34,35)14-7-20/h1-5,10,15,20,28H,6-9,11-14,16H2,(H,29,32). The monoisotopic (exact) mass is 518 g/mol. The average Bonchev–Trinajstić information content (AvgIpc) is 3.28. The summed E-state index contributed by atoms with van der Waals surface area (Å²) in [6.45, 7) is 0.397. The fraction of sp³-hybridized carbons (Fsp3) is 0.440. The van der Waals surface area contributed by atoms with Crippen molar-refractivity contribution in [1.29, 1.82) is 0 Å². The Morgan fingerprint density at radius 2 is 1.69 bits per heavy atom. The molecule has 0 saturated carbocycles. The molecule has 8 nitrogen and oxygen atoms in total. The molecule has 2 aromatic rings. The minimum atomic E-state index is -2.99. The van der Waals surface area contributed by atoms with Gasteiger partial charge in [-0.25, -0.2) is 17.2 Å². The summed E-state index contributed by atoms with van der Waals surface area (Å²) in [6.07, 6.45) is 3.89. The number of halogens is 2. The van der Waals surface area contributed by atoms with E-state index in [0.29, 0.717) is 30.5 Å². The maximum absolute atomic E-state index is 13.4. The van der Waals surface area contributed by atoms with Gasteiger partial charge in [0.25, 0.3) is 17.7 Å². The van der Waals surface area contributed by atoms with Crippen LogP contribution in [0, 0.1) is 0 Å².